The molecule has 1 aromatic heterocycles. The van der Waals surface area contributed by atoms with E-state index < -0.39 is 5.91 Å². The number of aryl methyl sites for hydroxylation is 1. The van der Waals surface area contributed by atoms with Crippen molar-refractivity contribution in [3.05, 3.63) is 34.4 Å². The first-order valence-electron chi connectivity index (χ1n) is 11.9. The van der Waals surface area contributed by atoms with Crippen molar-refractivity contribution in [2.24, 2.45) is 10.9 Å². The van der Waals surface area contributed by atoms with E-state index >= 15 is 0 Å². The maximum Gasteiger partial charge on any atom is 0.259 e. The van der Waals surface area contributed by atoms with Gasteiger partial charge in [0.25, 0.3) is 5.91 Å². The molecule has 0 atom stereocenters. The minimum absolute atomic E-state index is 0.222. The van der Waals surface area contributed by atoms with Crippen LogP contribution >= 0.6 is 11.3 Å². The molecule has 0 aliphatic rings. The monoisotopic (exact) mass is 488 g/mol. The summed E-state index contributed by atoms with van der Waals surface area (Å²) in [5.74, 6) is -0.698. The second kappa shape index (κ2) is 15.1. The Kier molecular flexibility index (Phi) is 12.2. The number of benzene rings is 1. The number of nitrogens with two attached hydrogens (primary N) is 1. The fourth-order valence-corrected chi connectivity index (χ4v) is 4.32. The first-order chi connectivity index (χ1) is 16.4. The van der Waals surface area contributed by atoms with Gasteiger partial charge in [-0.2, -0.15) is 0 Å². The summed E-state index contributed by atoms with van der Waals surface area (Å²) in [7, 11) is 0. The Morgan fingerprint density at radius 2 is 1.65 bits per heavy atom. The zero-order valence-electron chi connectivity index (χ0n) is 20.1. The number of nitrogens with zero attached hydrogens (tertiary/aromatic N) is 2. The molecular formula is C24H36N6O3S. The number of anilines is 3. The molecule has 1 heterocycles. The number of nitrogens with one attached hydrogen (secondary N) is 3. The van der Waals surface area contributed by atoms with Crippen molar-refractivity contribution in [1.82, 2.24) is 4.98 Å². The van der Waals surface area contributed by atoms with Crippen LogP contribution in [-0.2, 0) is 4.79 Å². The molecule has 10 heteroatoms. The quantitative estimate of drug-likeness (QED) is 0.170. The summed E-state index contributed by atoms with van der Waals surface area (Å²) in [6, 6.07) is 5.23. The predicted molar refractivity (Wildman–Crippen MR) is 140 cm³/mol. The lowest BCUT2D eigenvalue weighted by molar-refractivity contribution is -0.114. The van der Waals surface area contributed by atoms with Crippen molar-refractivity contribution in [3.8, 4) is 0 Å². The average Bonchev–Trinajstić information content (AvgIpc) is 3.16. The second-order valence-corrected chi connectivity index (χ2v) is 9.27. The predicted octanol–water partition coefficient (Wildman–Crippen LogP) is 5.94. The Morgan fingerprint density at radius 1 is 1.00 bits per heavy atom. The molecule has 34 heavy (non-hydrogen) atoms. The summed E-state index contributed by atoms with van der Waals surface area (Å²) in [4.78, 5) is 39.4. The van der Waals surface area contributed by atoms with Gasteiger partial charge in [-0.1, -0.05) is 56.3 Å². The molecule has 0 fully saturated rings. The third-order valence-electron chi connectivity index (χ3n) is 5.36. The second-order valence-electron chi connectivity index (χ2n) is 8.29. The van der Waals surface area contributed by atoms with Crippen LogP contribution in [0.15, 0.2) is 23.4 Å². The molecule has 186 valence electrons. The molecule has 2 aromatic rings. The topological polar surface area (TPSA) is 139 Å². The highest BCUT2D eigenvalue weighted by molar-refractivity contribution is 7.19. The van der Waals surface area contributed by atoms with E-state index in [1.807, 2.05) is 6.07 Å². The van der Waals surface area contributed by atoms with Crippen molar-refractivity contribution in [1.29, 1.82) is 0 Å². The van der Waals surface area contributed by atoms with E-state index in [0.29, 0.717) is 16.9 Å². The number of carbonyl (C=O) groups is 2. The molecule has 0 unspecified atom stereocenters. The molecule has 0 saturated heterocycles. The van der Waals surface area contributed by atoms with Gasteiger partial charge in [0.15, 0.2) is 10.1 Å². The standard InChI is InChI=1S/C24H36N6O3S/c1-17-23(30-33)34-24(27-17)29-22(32)20-13-12-19(16-21(20)28-18(2)31)26-15-11-9-7-5-3-4-6-8-10-14-25/h12-13,16,26H,3-11,14-15,25H2,1-2H3,(H,28,31)(H,27,29,32). The molecular weight excluding hydrogens is 452 g/mol. The Labute approximate surface area is 205 Å². The normalized spacial score (nSPS) is 10.7. The lowest BCUT2D eigenvalue weighted by atomic mass is 10.1. The van der Waals surface area contributed by atoms with Crippen LogP contribution in [0.5, 0.6) is 0 Å². The van der Waals surface area contributed by atoms with Gasteiger partial charge in [-0.05, 0) is 49.7 Å². The van der Waals surface area contributed by atoms with Crippen molar-refractivity contribution in [2.45, 2.75) is 71.6 Å². The molecule has 0 radical (unpaired) electrons. The van der Waals surface area contributed by atoms with Gasteiger partial charge in [-0.3, -0.25) is 14.9 Å². The van der Waals surface area contributed by atoms with E-state index in [0.717, 1.165) is 43.0 Å². The molecule has 2 rings (SSSR count). The van der Waals surface area contributed by atoms with Gasteiger partial charge in [0.1, 0.15) is 0 Å². The summed E-state index contributed by atoms with van der Waals surface area (Å²) in [6.45, 7) is 4.66. The van der Waals surface area contributed by atoms with Crippen LogP contribution in [0.25, 0.3) is 0 Å². The van der Waals surface area contributed by atoms with Crippen molar-refractivity contribution in [3.63, 3.8) is 0 Å². The number of nitroso groups, excluding NO2 is 1. The first-order valence-corrected chi connectivity index (χ1v) is 12.7. The van der Waals surface area contributed by atoms with E-state index in [9.17, 15) is 14.5 Å². The highest BCUT2D eigenvalue weighted by Gasteiger charge is 2.16. The molecule has 2 amide bonds. The highest BCUT2D eigenvalue weighted by Crippen LogP contribution is 2.31. The molecule has 5 N–H and O–H groups in total. The lowest BCUT2D eigenvalue weighted by Crippen LogP contribution is -2.17. The van der Waals surface area contributed by atoms with Gasteiger partial charge in [0.2, 0.25) is 5.91 Å². The maximum atomic E-state index is 12.8. The number of amides is 2. The number of carbonyl (C=O) groups excluding carboxylic acids is 2. The number of rotatable bonds is 16. The zero-order chi connectivity index (χ0) is 24.8. The van der Waals surface area contributed by atoms with Gasteiger partial charge >= 0.3 is 0 Å². The lowest BCUT2D eigenvalue weighted by Gasteiger charge is -2.13. The fraction of sp³-hybridized carbons (Fsp3) is 0.542. The fourth-order valence-electron chi connectivity index (χ4n) is 3.58. The third kappa shape index (κ3) is 9.56. The Hall–Kier alpha value is -2.85. The SMILES string of the molecule is CC(=O)Nc1cc(NCCCCCCCCCCCN)ccc1C(=O)Nc1nc(C)c(N=O)s1. The molecule has 0 aliphatic carbocycles. The van der Waals surface area contributed by atoms with E-state index in [4.69, 9.17) is 5.73 Å². The molecule has 0 spiro atoms. The highest BCUT2D eigenvalue weighted by atomic mass is 32.1. The van der Waals surface area contributed by atoms with Crippen LogP contribution in [0.3, 0.4) is 0 Å². The number of hydrogen-bond donors (Lipinski definition) is 4. The van der Waals surface area contributed by atoms with Gasteiger partial charge < -0.3 is 16.4 Å². The Morgan fingerprint density at radius 3 is 2.24 bits per heavy atom. The van der Waals surface area contributed by atoms with E-state index in [2.05, 4.69) is 26.1 Å². The minimum atomic E-state index is -0.426. The van der Waals surface area contributed by atoms with E-state index in [1.54, 1.807) is 19.1 Å². The first kappa shape index (κ1) is 27.4. The van der Waals surface area contributed by atoms with Gasteiger partial charge in [0, 0.05) is 19.2 Å². The van der Waals surface area contributed by atoms with Gasteiger partial charge in [-0.15, -0.1) is 4.91 Å². The number of unbranched alkanes of at least 4 members (excludes halogenated alkanes) is 8. The van der Waals surface area contributed by atoms with Crippen LogP contribution in [0.4, 0.5) is 21.5 Å². The summed E-state index contributed by atoms with van der Waals surface area (Å²) >= 11 is 1.00. The van der Waals surface area contributed by atoms with Crippen LogP contribution in [0.2, 0.25) is 0 Å². The van der Waals surface area contributed by atoms with Crippen molar-refractivity contribution < 1.29 is 9.59 Å². The van der Waals surface area contributed by atoms with Crippen LogP contribution < -0.4 is 21.7 Å². The largest absolute Gasteiger partial charge is 0.385 e. The minimum Gasteiger partial charge on any atom is -0.385 e. The maximum absolute atomic E-state index is 12.8. The molecule has 0 saturated carbocycles. The molecule has 0 aliphatic heterocycles. The number of thiazole rings is 1. The number of aromatic nitrogens is 1. The molecule has 0 bridgehead atoms. The smallest absolute Gasteiger partial charge is 0.259 e. The third-order valence-corrected chi connectivity index (χ3v) is 6.31. The van der Waals surface area contributed by atoms with E-state index in [1.165, 1.54) is 51.9 Å². The number of hydrogen-bond acceptors (Lipinski definition) is 8. The zero-order valence-corrected chi connectivity index (χ0v) is 20.9. The van der Waals surface area contributed by atoms with Gasteiger partial charge in [-0.25, -0.2) is 4.98 Å². The van der Waals surface area contributed by atoms with Crippen molar-refractivity contribution in [2.75, 3.05) is 29.0 Å². The van der Waals surface area contributed by atoms with Crippen molar-refractivity contribution >= 4 is 44.7 Å². The van der Waals surface area contributed by atoms with Gasteiger partial charge in [0.05, 0.1) is 16.9 Å². The van der Waals surface area contributed by atoms with Crippen LogP contribution in [-0.4, -0.2) is 29.9 Å². The molecule has 1 aromatic carbocycles. The van der Waals surface area contributed by atoms with Crippen LogP contribution in [0.1, 0.15) is 80.8 Å². The molecule has 9 nitrogen and oxygen atoms in total. The summed E-state index contributed by atoms with van der Waals surface area (Å²) in [5, 5.41) is 12.2. The Bertz CT molecular complexity index is 947. The van der Waals surface area contributed by atoms with E-state index in [-0.39, 0.29) is 16.0 Å². The summed E-state index contributed by atoms with van der Waals surface area (Å²) < 4.78 is 0. The average molecular weight is 489 g/mol. The summed E-state index contributed by atoms with van der Waals surface area (Å²) in [6.07, 6.45) is 11.0. The van der Waals surface area contributed by atoms with Crippen LogP contribution in [0, 0.1) is 11.8 Å². The summed E-state index contributed by atoms with van der Waals surface area (Å²) in [5.41, 5.74) is 7.52. The Balaban J connectivity index is 1.83.